The number of nitrogens with zero attached hydrogens (tertiary/aromatic N) is 3. The Morgan fingerprint density at radius 2 is 2.20 bits per heavy atom. The molecule has 7 nitrogen and oxygen atoms in total. The molecule has 1 heterocycles. The second kappa shape index (κ2) is 6.29. The average Bonchev–Trinajstić information content (AvgIpc) is 2.84. The quantitative estimate of drug-likeness (QED) is 0.849. The number of carboxylic acid groups (broad SMARTS) is 1. The van der Waals surface area contributed by atoms with E-state index in [0.717, 1.165) is 14.7 Å². The average molecular weight is 339 g/mol. The molecule has 0 fully saturated rings. The number of aliphatic carboxylic acids is 1. The van der Waals surface area contributed by atoms with Crippen LogP contribution in [0.15, 0.2) is 34.9 Å². The van der Waals surface area contributed by atoms with Crippen LogP contribution < -0.4 is 5.32 Å². The second-order valence-corrected chi connectivity index (χ2v) is 4.92. The highest BCUT2D eigenvalue weighted by molar-refractivity contribution is 9.10. The molecule has 20 heavy (non-hydrogen) atoms. The largest absolute Gasteiger partial charge is 0.480 e. The normalized spacial score (nSPS) is 10.2. The molecule has 0 unspecified atom stereocenters. The summed E-state index contributed by atoms with van der Waals surface area (Å²) >= 11 is 3.35. The van der Waals surface area contributed by atoms with Gasteiger partial charge in [-0.15, -0.1) is 5.10 Å². The minimum atomic E-state index is -1.05. The lowest BCUT2D eigenvalue weighted by Gasteiger charge is -2.03. The number of benzene rings is 1. The summed E-state index contributed by atoms with van der Waals surface area (Å²) in [5.41, 5.74) is 1.02. The van der Waals surface area contributed by atoms with Crippen LogP contribution in [0.5, 0.6) is 0 Å². The minimum Gasteiger partial charge on any atom is -0.480 e. The molecular formula is C12H11BrN4O3. The van der Waals surface area contributed by atoms with E-state index in [1.165, 1.54) is 6.20 Å². The van der Waals surface area contributed by atoms with Crippen molar-refractivity contribution in [3.05, 3.63) is 46.2 Å². The first-order valence-corrected chi connectivity index (χ1v) is 6.48. The molecule has 0 radical (unpaired) electrons. The van der Waals surface area contributed by atoms with Crippen LogP contribution in [0.2, 0.25) is 0 Å². The maximum Gasteiger partial charge on any atom is 0.325 e. The number of amides is 1. The molecule has 0 aliphatic carbocycles. The summed E-state index contributed by atoms with van der Waals surface area (Å²) in [6, 6.07) is 7.53. The van der Waals surface area contributed by atoms with Gasteiger partial charge in [0.05, 0.1) is 6.20 Å². The van der Waals surface area contributed by atoms with Gasteiger partial charge in [-0.2, -0.15) is 0 Å². The minimum absolute atomic E-state index is 0.0845. The Morgan fingerprint density at radius 3 is 2.90 bits per heavy atom. The number of aromatic nitrogens is 3. The third-order valence-electron chi connectivity index (χ3n) is 2.41. The third-order valence-corrected chi connectivity index (χ3v) is 2.90. The smallest absolute Gasteiger partial charge is 0.325 e. The monoisotopic (exact) mass is 338 g/mol. The van der Waals surface area contributed by atoms with Crippen molar-refractivity contribution < 1.29 is 14.7 Å². The zero-order valence-corrected chi connectivity index (χ0v) is 11.9. The Kier molecular flexibility index (Phi) is 4.46. The lowest BCUT2D eigenvalue weighted by atomic mass is 10.2. The molecule has 2 rings (SSSR count). The second-order valence-electron chi connectivity index (χ2n) is 4.01. The SMILES string of the molecule is O=C(O)Cn1cc(C(=O)NCc2cccc(Br)c2)nn1. The van der Waals surface area contributed by atoms with Gasteiger partial charge in [0.1, 0.15) is 6.54 Å². The number of nitrogens with one attached hydrogen (secondary N) is 1. The topological polar surface area (TPSA) is 97.1 Å². The van der Waals surface area contributed by atoms with Crippen LogP contribution in [0, 0.1) is 0 Å². The van der Waals surface area contributed by atoms with Crippen LogP contribution >= 0.6 is 15.9 Å². The van der Waals surface area contributed by atoms with Crippen LogP contribution in [-0.2, 0) is 17.9 Å². The van der Waals surface area contributed by atoms with Crippen LogP contribution in [0.4, 0.5) is 0 Å². The number of carbonyl (C=O) groups excluding carboxylic acids is 1. The Morgan fingerprint density at radius 1 is 1.40 bits per heavy atom. The molecule has 104 valence electrons. The summed E-state index contributed by atoms with van der Waals surface area (Å²) < 4.78 is 2.02. The van der Waals surface area contributed by atoms with Gasteiger partial charge in [-0.25, -0.2) is 4.68 Å². The number of carbonyl (C=O) groups is 2. The highest BCUT2D eigenvalue weighted by Gasteiger charge is 2.11. The third kappa shape index (κ3) is 3.89. The molecule has 1 amide bonds. The van der Waals surface area contributed by atoms with E-state index in [-0.39, 0.29) is 12.2 Å². The molecule has 0 saturated carbocycles. The molecule has 0 spiro atoms. The predicted octanol–water partition coefficient (Wildman–Crippen LogP) is 1.06. The van der Waals surface area contributed by atoms with E-state index in [9.17, 15) is 9.59 Å². The van der Waals surface area contributed by atoms with Gasteiger partial charge in [0.25, 0.3) is 5.91 Å². The lowest BCUT2D eigenvalue weighted by Crippen LogP contribution is -2.23. The van der Waals surface area contributed by atoms with Gasteiger partial charge in [-0.3, -0.25) is 9.59 Å². The number of rotatable bonds is 5. The first-order chi connectivity index (χ1) is 9.54. The van der Waals surface area contributed by atoms with Gasteiger partial charge < -0.3 is 10.4 Å². The summed E-state index contributed by atoms with van der Waals surface area (Å²) in [4.78, 5) is 22.3. The van der Waals surface area contributed by atoms with Gasteiger partial charge >= 0.3 is 5.97 Å². The molecule has 2 N–H and O–H groups in total. The summed E-state index contributed by atoms with van der Waals surface area (Å²) in [6.07, 6.45) is 1.30. The molecule has 1 aromatic carbocycles. The van der Waals surface area contributed by atoms with Crippen molar-refractivity contribution in [1.29, 1.82) is 0 Å². The van der Waals surface area contributed by atoms with E-state index >= 15 is 0 Å². The van der Waals surface area contributed by atoms with Crippen LogP contribution in [-0.4, -0.2) is 32.0 Å². The van der Waals surface area contributed by atoms with Crippen molar-refractivity contribution in [3.8, 4) is 0 Å². The van der Waals surface area contributed by atoms with Gasteiger partial charge in [0.2, 0.25) is 0 Å². The first-order valence-electron chi connectivity index (χ1n) is 5.69. The Bertz CT molecular complexity index is 641. The van der Waals surface area contributed by atoms with Crippen LogP contribution in [0.3, 0.4) is 0 Å². The fourth-order valence-electron chi connectivity index (χ4n) is 1.54. The fourth-order valence-corrected chi connectivity index (χ4v) is 1.98. The van der Waals surface area contributed by atoms with Crippen molar-refractivity contribution in [2.75, 3.05) is 0 Å². The zero-order chi connectivity index (χ0) is 14.5. The highest BCUT2D eigenvalue weighted by atomic mass is 79.9. The summed E-state index contributed by atoms with van der Waals surface area (Å²) in [6.45, 7) is 0.0238. The van der Waals surface area contributed by atoms with Crippen molar-refractivity contribution in [2.24, 2.45) is 0 Å². The van der Waals surface area contributed by atoms with E-state index in [4.69, 9.17) is 5.11 Å². The fraction of sp³-hybridized carbons (Fsp3) is 0.167. The van der Waals surface area contributed by atoms with Gasteiger partial charge in [0.15, 0.2) is 5.69 Å². The molecule has 2 aromatic rings. The Hall–Kier alpha value is -2.22. The molecular weight excluding hydrogens is 328 g/mol. The number of hydrogen-bond donors (Lipinski definition) is 2. The maximum atomic E-state index is 11.8. The summed E-state index contributed by atoms with van der Waals surface area (Å²) in [5.74, 6) is -1.45. The predicted molar refractivity (Wildman–Crippen MR) is 73.0 cm³/mol. The van der Waals surface area contributed by atoms with E-state index in [0.29, 0.717) is 6.54 Å². The zero-order valence-electron chi connectivity index (χ0n) is 10.3. The van der Waals surface area contributed by atoms with E-state index in [1.807, 2.05) is 24.3 Å². The molecule has 8 heteroatoms. The first kappa shape index (κ1) is 14.2. The lowest BCUT2D eigenvalue weighted by molar-refractivity contribution is -0.137. The maximum absolute atomic E-state index is 11.8. The standard InChI is InChI=1S/C12H11BrN4O3/c13-9-3-1-2-8(4-9)5-14-12(20)10-6-17(16-15-10)7-11(18)19/h1-4,6H,5,7H2,(H,14,20)(H,18,19). The van der Waals surface area contributed by atoms with E-state index in [2.05, 4.69) is 31.6 Å². The number of halogens is 1. The molecule has 1 aromatic heterocycles. The highest BCUT2D eigenvalue weighted by Crippen LogP contribution is 2.11. The Labute approximate surface area is 122 Å². The van der Waals surface area contributed by atoms with Crippen molar-refractivity contribution in [3.63, 3.8) is 0 Å². The molecule has 0 aliphatic heterocycles. The van der Waals surface area contributed by atoms with Crippen molar-refractivity contribution >= 4 is 27.8 Å². The number of hydrogen-bond acceptors (Lipinski definition) is 4. The van der Waals surface area contributed by atoms with Crippen LogP contribution in [0.25, 0.3) is 0 Å². The van der Waals surface area contributed by atoms with Gasteiger partial charge in [0, 0.05) is 11.0 Å². The Balaban J connectivity index is 1.95. The summed E-state index contributed by atoms with van der Waals surface area (Å²) in [7, 11) is 0. The molecule has 0 saturated heterocycles. The van der Waals surface area contributed by atoms with Gasteiger partial charge in [-0.1, -0.05) is 33.3 Å². The van der Waals surface area contributed by atoms with Crippen LogP contribution in [0.1, 0.15) is 16.1 Å². The molecule has 0 bridgehead atoms. The van der Waals surface area contributed by atoms with E-state index < -0.39 is 11.9 Å². The van der Waals surface area contributed by atoms with Gasteiger partial charge in [-0.05, 0) is 17.7 Å². The molecule has 0 aliphatic rings. The number of carboxylic acids is 1. The van der Waals surface area contributed by atoms with E-state index in [1.54, 1.807) is 0 Å². The van der Waals surface area contributed by atoms with Crippen molar-refractivity contribution in [2.45, 2.75) is 13.1 Å². The summed E-state index contributed by atoms with van der Waals surface area (Å²) in [5, 5.41) is 18.5. The van der Waals surface area contributed by atoms with Crippen molar-refractivity contribution in [1.82, 2.24) is 20.3 Å². The molecule has 0 atom stereocenters.